The third-order valence-electron chi connectivity index (χ3n) is 4.68. The SMILES string of the molecule is Cc1ccc(-c2csc3ncn(CC(=O)NN=CC=Cc4ccccc4)c(=O)c23)cc1. The highest BCUT2D eigenvalue weighted by Crippen LogP contribution is 2.30. The molecule has 2 aromatic heterocycles. The number of benzene rings is 2. The highest BCUT2D eigenvalue weighted by Gasteiger charge is 2.14. The monoisotopic (exact) mass is 428 g/mol. The summed E-state index contributed by atoms with van der Waals surface area (Å²) in [5, 5.41) is 6.35. The first kappa shape index (κ1) is 20.4. The van der Waals surface area contributed by atoms with Crippen LogP contribution in [-0.2, 0) is 11.3 Å². The van der Waals surface area contributed by atoms with Crippen LogP contribution >= 0.6 is 11.3 Å². The summed E-state index contributed by atoms with van der Waals surface area (Å²) in [4.78, 5) is 30.3. The van der Waals surface area contributed by atoms with Gasteiger partial charge in [-0.2, -0.15) is 5.10 Å². The van der Waals surface area contributed by atoms with Gasteiger partial charge in [-0.1, -0.05) is 66.2 Å². The molecule has 0 fully saturated rings. The van der Waals surface area contributed by atoms with Gasteiger partial charge in [0.05, 0.1) is 11.7 Å². The van der Waals surface area contributed by atoms with Crippen molar-refractivity contribution >= 4 is 39.8 Å². The first-order valence-corrected chi connectivity index (χ1v) is 10.6. The zero-order chi connectivity index (χ0) is 21.6. The molecular formula is C24H20N4O2S. The molecule has 4 aromatic rings. The van der Waals surface area contributed by atoms with Crippen LogP contribution in [0.1, 0.15) is 11.1 Å². The molecule has 0 unspecified atom stereocenters. The molecule has 0 saturated heterocycles. The number of hydrogen-bond acceptors (Lipinski definition) is 5. The fraction of sp³-hybridized carbons (Fsp3) is 0.0833. The Morgan fingerprint density at radius 2 is 1.94 bits per heavy atom. The molecule has 0 aliphatic carbocycles. The molecule has 31 heavy (non-hydrogen) atoms. The zero-order valence-electron chi connectivity index (χ0n) is 16.9. The van der Waals surface area contributed by atoms with Gasteiger partial charge in [-0.3, -0.25) is 14.2 Å². The largest absolute Gasteiger partial charge is 0.289 e. The lowest BCUT2D eigenvalue weighted by Crippen LogP contribution is -2.30. The van der Waals surface area contributed by atoms with E-state index in [0.717, 1.165) is 22.3 Å². The van der Waals surface area contributed by atoms with E-state index < -0.39 is 5.91 Å². The Hall–Kier alpha value is -3.84. The van der Waals surface area contributed by atoms with Crippen molar-refractivity contribution in [3.8, 4) is 11.1 Å². The van der Waals surface area contributed by atoms with Crippen LogP contribution < -0.4 is 11.0 Å². The molecule has 154 valence electrons. The summed E-state index contributed by atoms with van der Waals surface area (Å²) < 4.78 is 1.30. The van der Waals surface area contributed by atoms with Crippen LogP contribution in [0.2, 0.25) is 0 Å². The molecule has 0 aliphatic rings. The van der Waals surface area contributed by atoms with E-state index in [1.165, 1.54) is 28.4 Å². The average molecular weight is 429 g/mol. The van der Waals surface area contributed by atoms with Crippen molar-refractivity contribution in [2.45, 2.75) is 13.5 Å². The number of nitrogens with one attached hydrogen (secondary N) is 1. The number of rotatable bonds is 6. The first-order valence-electron chi connectivity index (χ1n) is 9.69. The zero-order valence-corrected chi connectivity index (χ0v) is 17.7. The molecule has 2 aromatic carbocycles. The van der Waals surface area contributed by atoms with Crippen molar-refractivity contribution < 1.29 is 4.79 Å². The Balaban J connectivity index is 1.47. The van der Waals surface area contributed by atoms with Crippen molar-refractivity contribution in [3.05, 3.63) is 93.9 Å². The maximum Gasteiger partial charge on any atom is 0.263 e. The Bertz CT molecular complexity index is 1320. The van der Waals surface area contributed by atoms with Crippen LogP contribution in [0.4, 0.5) is 0 Å². The molecule has 1 amide bonds. The second kappa shape index (κ2) is 9.32. The molecule has 4 rings (SSSR count). The number of nitrogens with zero attached hydrogens (tertiary/aromatic N) is 3. The third kappa shape index (κ3) is 4.84. The summed E-state index contributed by atoms with van der Waals surface area (Å²) in [6.45, 7) is 1.85. The quantitative estimate of drug-likeness (QED) is 0.368. The van der Waals surface area contributed by atoms with E-state index in [9.17, 15) is 9.59 Å². The molecule has 0 atom stereocenters. The van der Waals surface area contributed by atoms with Gasteiger partial charge < -0.3 is 0 Å². The van der Waals surface area contributed by atoms with E-state index in [2.05, 4.69) is 15.5 Å². The van der Waals surface area contributed by atoms with Crippen molar-refractivity contribution in [2.24, 2.45) is 5.10 Å². The van der Waals surface area contributed by atoms with E-state index in [-0.39, 0.29) is 12.1 Å². The highest BCUT2D eigenvalue weighted by molar-refractivity contribution is 7.17. The van der Waals surface area contributed by atoms with Crippen LogP contribution in [0.3, 0.4) is 0 Å². The lowest BCUT2D eigenvalue weighted by molar-refractivity contribution is -0.121. The maximum atomic E-state index is 13.0. The molecule has 6 nitrogen and oxygen atoms in total. The number of carbonyl (C=O) groups excluding carboxylic acids is 1. The summed E-state index contributed by atoms with van der Waals surface area (Å²) in [5.74, 6) is -0.403. The molecule has 1 N–H and O–H groups in total. The number of aryl methyl sites for hydroxylation is 1. The van der Waals surface area contributed by atoms with Crippen LogP contribution in [0.15, 0.2) is 82.3 Å². The van der Waals surface area contributed by atoms with E-state index in [1.54, 1.807) is 6.08 Å². The number of amides is 1. The van der Waals surface area contributed by atoms with Crippen LogP contribution in [0.5, 0.6) is 0 Å². The van der Waals surface area contributed by atoms with Gasteiger partial charge in [0.2, 0.25) is 0 Å². The fourth-order valence-corrected chi connectivity index (χ4v) is 3.99. The summed E-state index contributed by atoms with van der Waals surface area (Å²) in [6.07, 6.45) is 6.50. The minimum absolute atomic E-state index is 0.162. The number of hydrazone groups is 1. The van der Waals surface area contributed by atoms with Gasteiger partial charge in [0.15, 0.2) is 0 Å². The van der Waals surface area contributed by atoms with Crippen LogP contribution in [0.25, 0.3) is 27.4 Å². The minimum Gasteiger partial charge on any atom is -0.289 e. The predicted molar refractivity (Wildman–Crippen MR) is 126 cm³/mol. The number of fused-ring (bicyclic) bond motifs is 1. The third-order valence-corrected chi connectivity index (χ3v) is 5.56. The first-order chi connectivity index (χ1) is 15.1. The molecule has 0 spiro atoms. The van der Waals surface area contributed by atoms with E-state index >= 15 is 0 Å². The van der Waals surface area contributed by atoms with E-state index in [1.807, 2.05) is 73.0 Å². The summed E-state index contributed by atoms with van der Waals surface area (Å²) in [6, 6.07) is 17.7. The summed E-state index contributed by atoms with van der Waals surface area (Å²) in [7, 11) is 0. The van der Waals surface area contributed by atoms with Gasteiger partial charge in [-0.15, -0.1) is 11.3 Å². The fourth-order valence-electron chi connectivity index (χ4n) is 3.09. The van der Waals surface area contributed by atoms with Crippen molar-refractivity contribution in [3.63, 3.8) is 0 Å². The number of aromatic nitrogens is 2. The summed E-state index contributed by atoms with van der Waals surface area (Å²) >= 11 is 1.42. The Morgan fingerprint density at radius 3 is 2.71 bits per heavy atom. The number of hydrogen-bond donors (Lipinski definition) is 1. The number of thiophene rings is 1. The van der Waals surface area contributed by atoms with Gasteiger partial charge in [-0.25, -0.2) is 10.4 Å². The number of allylic oxidation sites excluding steroid dienone is 1. The van der Waals surface area contributed by atoms with Gasteiger partial charge >= 0.3 is 0 Å². The van der Waals surface area contributed by atoms with Gasteiger partial charge in [0.1, 0.15) is 11.4 Å². The predicted octanol–water partition coefficient (Wildman–Crippen LogP) is 4.25. The topological polar surface area (TPSA) is 76.3 Å². The molecule has 0 aliphatic heterocycles. The lowest BCUT2D eigenvalue weighted by atomic mass is 10.1. The van der Waals surface area contributed by atoms with E-state index in [4.69, 9.17) is 0 Å². The van der Waals surface area contributed by atoms with E-state index in [0.29, 0.717) is 10.2 Å². The van der Waals surface area contributed by atoms with Crippen LogP contribution in [-0.4, -0.2) is 21.7 Å². The standard InChI is InChI=1S/C24H20N4O2S/c1-17-9-11-19(12-10-17)20-15-31-23-22(20)24(30)28(16-25-23)14-21(29)27-26-13-5-8-18-6-3-2-4-7-18/h2-13,15-16H,14H2,1H3,(H,27,29). The maximum absolute atomic E-state index is 13.0. The second-order valence-electron chi connectivity index (χ2n) is 6.96. The second-order valence-corrected chi connectivity index (χ2v) is 7.81. The molecule has 0 saturated carbocycles. The minimum atomic E-state index is -0.403. The van der Waals surface area contributed by atoms with Crippen molar-refractivity contribution in [1.29, 1.82) is 0 Å². The van der Waals surface area contributed by atoms with Crippen molar-refractivity contribution in [1.82, 2.24) is 15.0 Å². The average Bonchev–Trinajstić information content (AvgIpc) is 3.22. The normalized spacial score (nSPS) is 11.5. The lowest BCUT2D eigenvalue weighted by Gasteiger charge is -2.05. The van der Waals surface area contributed by atoms with Gasteiger partial charge in [0, 0.05) is 17.2 Å². The molecule has 7 heteroatoms. The molecule has 2 heterocycles. The molecule has 0 bridgehead atoms. The Morgan fingerprint density at radius 1 is 1.16 bits per heavy atom. The van der Waals surface area contributed by atoms with Gasteiger partial charge in [0.25, 0.3) is 11.5 Å². The summed E-state index contributed by atoms with van der Waals surface area (Å²) in [5.41, 5.74) is 6.15. The Kier molecular flexibility index (Phi) is 6.14. The highest BCUT2D eigenvalue weighted by atomic mass is 32.1. The Labute approximate surface area is 183 Å². The van der Waals surface area contributed by atoms with Gasteiger partial charge in [-0.05, 0) is 24.1 Å². The number of carbonyl (C=O) groups is 1. The molecular weight excluding hydrogens is 408 g/mol. The molecule has 0 radical (unpaired) electrons. The van der Waals surface area contributed by atoms with Crippen LogP contribution in [0, 0.1) is 6.92 Å². The van der Waals surface area contributed by atoms with Crippen molar-refractivity contribution in [2.75, 3.05) is 0 Å². The smallest absolute Gasteiger partial charge is 0.263 e.